The van der Waals surface area contributed by atoms with Gasteiger partial charge in [0.25, 0.3) is 0 Å². The minimum atomic E-state index is -0.286. The number of allylic oxidation sites excluding steroid dienone is 6. The molecule has 0 aromatic heterocycles. The fourth-order valence-corrected chi connectivity index (χ4v) is 2.44. The van der Waals surface area contributed by atoms with E-state index >= 15 is 0 Å². The summed E-state index contributed by atoms with van der Waals surface area (Å²) in [6, 6.07) is 2.62. The lowest BCUT2D eigenvalue weighted by Crippen LogP contribution is -1.86. The fourth-order valence-electron chi connectivity index (χ4n) is 2.44. The molecule has 24 heavy (non-hydrogen) atoms. The Morgan fingerprint density at radius 2 is 1.42 bits per heavy atom. The zero-order valence-electron chi connectivity index (χ0n) is 15.3. The van der Waals surface area contributed by atoms with Gasteiger partial charge in [-0.25, -0.2) is 0 Å². The molecule has 0 amide bonds. The maximum absolute atomic E-state index is 9.80. The minimum Gasteiger partial charge on any atom is -0.508 e. The van der Waals surface area contributed by atoms with Gasteiger partial charge in [0.1, 0.15) is 5.75 Å². The van der Waals surface area contributed by atoms with Crippen LogP contribution in [0.5, 0.6) is 17.2 Å². The van der Waals surface area contributed by atoms with Crippen LogP contribution in [0.3, 0.4) is 0 Å². The molecular weight excluding hydrogens is 300 g/mol. The second-order valence-corrected chi connectivity index (χ2v) is 6.64. The first-order valence-corrected chi connectivity index (χ1v) is 8.48. The van der Waals surface area contributed by atoms with Crippen LogP contribution in [0, 0.1) is 0 Å². The molecule has 1 aromatic rings. The molecule has 0 radical (unpaired) electrons. The lowest BCUT2D eigenvalue weighted by molar-refractivity contribution is 0.393. The smallest absolute Gasteiger partial charge is 0.161 e. The van der Waals surface area contributed by atoms with E-state index in [0.717, 1.165) is 31.7 Å². The third-order valence-corrected chi connectivity index (χ3v) is 3.95. The first-order valence-electron chi connectivity index (χ1n) is 8.48. The molecule has 1 aromatic carbocycles. The van der Waals surface area contributed by atoms with Crippen molar-refractivity contribution < 1.29 is 15.3 Å². The summed E-state index contributed by atoms with van der Waals surface area (Å²) in [7, 11) is 0. The SMILES string of the molecule is CC(C)=CCCC(C)=CCCC(C)=CCc1cc(O)cc(O)c1O. The Labute approximate surface area is 145 Å². The molecule has 0 aliphatic carbocycles. The molecule has 3 heteroatoms. The van der Waals surface area contributed by atoms with Gasteiger partial charge in [0.15, 0.2) is 11.5 Å². The molecule has 0 saturated heterocycles. The van der Waals surface area contributed by atoms with E-state index < -0.39 is 0 Å². The van der Waals surface area contributed by atoms with Crippen LogP contribution in [-0.2, 0) is 6.42 Å². The van der Waals surface area contributed by atoms with Crippen molar-refractivity contribution in [2.45, 2.75) is 59.8 Å². The third kappa shape index (κ3) is 7.40. The van der Waals surface area contributed by atoms with Gasteiger partial charge in [0.05, 0.1) is 0 Å². The first-order chi connectivity index (χ1) is 11.3. The van der Waals surface area contributed by atoms with Crippen molar-refractivity contribution in [1.29, 1.82) is 0 Å². The Bertz CT molecular complexity index is 633. The van der Waals surface area contributed by atoms with Gasteiger partial charge < -0.3 is 15.3 Å². The van der Waals surface area contributed by atoms with E-state index in [2.05, 4.69) is 39.8 Å². The van der Waals surface area contributed by atoms with Crippen LogP contribution in [0.1, 0.15) is 58.9 Å². The molecule has 132 valence electrons. The van der Waals surface area contributed by atoms with Crippen LogP contribution >= 0.6 is 0 Å². The summed E-state index contributed by atoms with van der Waals surface area (Å²) in [4.78, 5) is 0. The molecule has 0 spiro atoms. The Kier molecular flexibility index (Phi) is 8.17. The summed E-state index contributed by atoms with van der Waals surface area (Å²) >= 11 is 0. The van der Waals surface area contributed by atoms with Crippen LogP contribution in [0.2, 0.25) is 0 Å². The van der Waals surface area contributed by atoms with Crippen molar-refractivity contribution in [3.8, 4) is 17.2 Å². The molecule has 0 bridgehead atoms. The number of aromatic hydroxyl groups is 3. The molecule has 0 aliphatic rings. The topological polar surface area (TPSA) is 60.7 Å². The van der Waals surface area contributed by atoms with Crippen LogP contribution in [-0.4, -0.2) is 15.3 Å². The van der Waals surface area contributed by atoms with Gasteiger partial charge in [0.2, 0.25) is 0 Å². The molecular formula is C21H30O3. The molecule has 3 nitrogen and oxygen atoms in total. The van der Waals surface area contributed by atoms with Crippen molar-refractivity contribution in [3.63, 3.8) is 0 Å². The zero-order valence-corrected chi connectivity index (χ0v) is 15.3. The zero-order chi connectivity index (χ0) is 18.1. The summed E-state index contributed by atoms with van der Waals surface area (Å²) in [6.45, 7) is 8.48. The lowest BCUT2D eigenvalue weighted by atomic mass is 10.0. The van der Waals surface area contributed by atoms with E-state index in [9.17, 15) is 15.3 Å². The lowest BCUT2D eigenvalue weighted by Gasteiger charge is -2.06. The average Bonchev–Trinajstić information content (AvgIpc) is 2.49. The number of benzene rings is 1. The van der Waals surface area contributed by atoms with Gasteiger partial charge in [0, 0.05) is 11.6 Å². The molecule has 0 aliphatic heterocycles. The summed E-state index contributed by atoms with van der Waals surface area (Å²) in [6.07, 6.45) is 11.2. The van der Waals surface area contributed by atoms with Crippen molar-refractivity contribution >= 4 is 0 Å². The molecule has 1 rings (SSSR count). The molecule has 0 fully saturated rings. The Hall–Kier alpha value is -2.16. The maximum atomic E-state index is 9.80. The highest BCUT2D eigenvalue weighted by atomic mass is 16.3. The summed E-state index contributed by atoms with van der Waals surface area (Å²) in [5.41, 5.74) is 4.53. The largest absolute Gasteiger partial charge is 0.508 e. The number of hydrogen-bond donors (Lipinski definition) is 3. The van der Waals surface area contributed by atoms with Gasteiger partial charge in [-0.15, -0.1) is 0 Å². The second kappa shape index (κ2) is 9.86. The van der Waals surface area contributed by atoms with E-state index in [-0.39, 0.29) is 17.2 Å². The predicted molar refractivity (Wildman–Crippen MR) is 101 cm³/mol. The quantitative estimate of drug-likeness (QED) is 0.322. The van der Waals surface area contributed by atoms with E-state index in [1.165, 1.54) is 22.8 Å². The van der Waals surface area contributed by atoms with Gasteiger partial charge >= 0.3 is 0 Å². The van der Waals surface area contributed by atoms with E-state index in [0.29, 0.717) is 12.0 Å². The maximum Gasteiger partial charge on any atom is 0.161 e. The van der Waals surface area contributed by atoms with Gasteiger partial charge in [-0.1, -0.05) is 34.9 Å². The molecule has 0 atom stereocenters. The predicted octanol–water partition coefficient (Wildman–Crippen LogP) is 5.77. The highest BCUT2D eigenvalue weighted by molar-refractivity contribution is 5.50. The Balaban J connectivity index is 2.49. The summed E-state index contributed by atoms with van der Waals surface area (Å²) in [5.74, 6) is -0.487. The van der Waals surface area contributed by atoms with Crippen molar-refractivity contribution in [3.05, 3.63) is 52.6 Å². The van der Waals surface area contributed by atoms with Crippen molar-refractivity contribution in [1.82, 2.24) is 0 Å². The van der Waals surface area contributed by atoms with E-state index in [1.807, 2.05) is 6.08 Å². The standard InChI is InChI=1S/C21H30O3/c1-15(2)7-5-8-16(3)9-6-10-17(4)11-12-18-13-19(22)14-20(23)21(18)24/h7,9,11,13-14,22-24H,5-6,8,10,12H2,1-4H3. The summed E-state index contributed by atoms with van der Waals surface area (Å²) < 4.78 is 0. The van der Waals surface area contributed by atoms with Crippen LogP contribution < -0.4 is 0 Å². The first kappa shape index (κ1) is 19.9. The fraction of sp³-hybridized carbons (Fsp3) is 0.429. The molecule has 0 saturated carbocycles. The highest BCUT2D eigenvalue weighted by Gasteiger charge is 2.07. The van der Waals surface area contributed by atoms with Gasteiger partial charge in [-0.2, -0.15) is 0 Å². The monoisotopic (exact) mass is 330 g/mol. The van der Waals surface area contributed by atoms with Crippen molar-refractivity contribution in [2.75, 3.05) is 0 Å². The Morgan fingerprint density at radius 1 is 0.833 bits per heavy atom. The minimum absolute atomic E-state index is 0.0405. The van der Waals surface area contributed by atoms with Crippen LogP contribution in [0.15, 0.2) is 47.1 Å². The summed E-state index contributed by atoms with van der Waals surface area (Å²) in [5, 5.41) is 28.8. The number of rotatable bonds is 8. The molecule has 3 N–H and O–H groups in total. The number of phenols is 3. The van der Waals surface area contributed by atoms with Crippen molar-refractivity contribution in [2.24, 2.45) is 0 Å². The van der Waals surface area contributed by atoms with Crippen LogP contribution in [0.25, 0.3) is 0 Å². The normalized spacial score (nSPS) is 12.3. The highest BCUT2D eigenvalue weighted by Crippen LogP contribution is 2.33. The number of phenolic OH excluding ortho intramolecular Hbond substituents is 3. The van der Waals surface area contributed by atoms with E-state index in [1.54, 1.807) is 0 Å². The molecule has 0 heterocycles. The average molecular weight is 330 g/mol. The Morgan fingerprint density at radius 3 is 2.04 bits per heavy atom. The third-order valence-electron chi connectivity index (χ3n) is 3.95. The number of hydrogen-bond acceptors (Lipinski definition) is 3. The van der Waals surface area contributed by atoms with Crippen LogP contribution in [0.4, 0.5) is 0 Å². The van der Waals surface area contributed by atoms with E-state index in [4.69, 9.17) is 0 Å². The second-order valence-electron chi connectivity index (χ2n) is 6.64. The molecule has 0 unspecified atom stereocenters. The van der Waals surface area contributed by atoms with Gasteiger partial charge in [-0.3, -0.25) is 0 Å². The van der Waals surface area contributed by atoms with Gasteiger partial charge in [-0.05, 0) is 65.9 Å².